The highest BCUT2D eigenvalue weighted by Crippen LogP contribution is 2.30. The van der Waals surface area contributed by atoms with Gasteiger partial charge in [0.25, 0.3) is 11.5 Å². The summed E-state index contributed by atoms with van der Waals surface area (Å²) < 4.78 is 1.52. The fraction of sp³-hybridized carbons (Fsp3) is 0.292. The molecule has 1 amide bonds. The van der Waals surface area contributed by atoms with E-state index in [0.717, 1.165) is 29.3 Å². The van der Waals surface area contributed by atoms with Gasteiger partial charge in [-0.15, -0.1) is 0 Å². The normalized spacial score (nSPS) is 14.4. The molecule has 0 saturated carbocycles. The van der Waals surface area contributed by atoms with E-state index in [0.29, 0.717) is 24.3 Å². The van der Waals surface area contributed by atoms with Gasteiger partial charge in [-0.25, -0.2) is 0 Å². The number of carbonyl (C=O) groups is 1. The van der Waals surface area contributed by atoms with E-state index in [9.17, 15) is 14.9 Å². The number of rotatable bonds is 4. The van der Waals surface area contributed by atoms with Crippen LogP contribution in [0, 0.1) is 11.3 Å². The molecule has 0 atom stereocenters. The monoisotopic (exact) mass is 416 g/mol. The molecule has 2 aromatic carbocycles. The lowest BCUT2D eigenvalue weighted by Gasteiger charge is -2.35. The summed E-state index contributed by atoms with van der Waals surface area (Å²) in [5, 5.41) is 22.8. The van der Waals surface area contributed by atoms with Crippen molar-refractivity contribution in [3.8, 4) is 6.07 Å². The Balaban J connectivity index is 1.52. The average Bonchev–Trinajstić information content (AvgIpc) is 2.82. The molecule has 1 aliphatic heterocycles. The number of aliphatic hydroxyl groups excluding tert-OH is 1. The minimum atomic E-state index is -0.294. The van der Waals surface area contributed by atoms with Gasteiger partial charge in [0.05, 0.1) is 17.8 Å². The Morgan fingerprint density at radius 1 is 1.16 bits per heavy atom. The number of nitrogens with zero attached hydrogens (tertiary/aromatic N) is 3. The van der Waals surface area contributed by atoms with E-state index in [1.54, 1.807) is 31.3 Å². The molecule has 1 aliphatic rings. The number of amides is 1. The van der Waals surface area contributed by atoms with E-state index in [-0.39, 0.29) is 29.7 Å². The SMILES string of the molecule is Cn1c(=O)c(C#N)c(N2CCC(NC(=O)c3ccc(CO)cc3)CC2)c2ccccc21. The van der Waals surface area contributed by atoms with Crippen LogP contribution in [0.3, 0.4) is 0 Å². The van der Waals surface area contributed by atoms with Crippen LogP contribution in [0.2, 0.25) is 0 Å². The highest BCUT2D eigenvalue weighted by molar-refractivity contribution is 5.95. The zero-order valence-corrected chi connectivity index (χ0v) is 17.3. The van der Waals surface area contributed by atoms with Crippen molar-refractivity contribution in [1.82, 2.24) is 9.88 Å². The van der Waals surface area contributed by atoms with E-state index in [1.807, 2.05) is 24.3 Å². The standard InChI is InChI=1S/C24H24N4O3/c1-27-21-5-3-2-4-19(21)22(20(14-25)24(27)31)28-12-10-18(11-13-28)26-23(30)17-8-6-16(15-29)7-9-17/h2-9,18,29H,10-13,15H2,1H3,(H,26,30). The third kappa shape index (κ3) is 3.90. The summed E-state index contributed by atoms with van der Waals surface area (Å²) in [6.45, 7) is 1.22. The molecule has 0 radical (unpaired) electrons. The van der Waals surface area contributed by atoms with Gasteiger partial charge in [0.1, 0.15) is 11.6 Å². The minimum Gasteiger partial charge on any atom is -0.392 e. The fourth-order valence-corrected chi connectivity index (χ4v) is 4.19. The van der Waals surface area contributed by atoms with Crippen LogP contribution in [0.4, 0.5) is 5.69 Å². The Bertz CT molecular complexity index is 1220. The Hall–Kier alpha value is -3.63. The quantitative estimate of drug-likeness (QED) is 0.680. The minimum absolute atomic E-state index is 0.0182. The lowest BCUT2D eigenvalue weighted by molar-refractivity contribution is 0.0931. The van der Waals surface area contributed by atoms with Crippen LogP contribution in [0.1, 0.15) is 34.3 Å². The molecular weight excluding hydrogens is 392 g/mol. The number of aryl methyl sites for hydroxylation is 1. The fourth-order valence-electron chi connectivity index (χ4n) is 4.19. The van der Waals surface area contributed by atoms with Gasteiger partial charge in [0.15, 0.2) is 0 Å². The van der Waals surface area contributed by atoms with Gasteiger partial charge in [0.2, 0.25) is 0 Å². The summed E-state index contributed by atoms with van der Waals surface area (Å²) >= 11 is 0. The zero-order chi connectivity index (χ0) is 22.0. The number of para-hydroxylation sites is 1. The van der Waals surface area contributed by atoms with Gasteiger partial charge < -0.3 is 19.9 Å². The third-order valence-electron chi connectivity index (χ3n) is 5.93. The number of benzene rings is 2. The summed E-state index contributed by atoms with van der Waals surface area (Å²) in [5.74, 6) is -0.139. The maximum absolute atomic E-state index is 12.7. The molecule has 7 nitrogen and oxygen atoms in total. The van der Waals surface area contributed by atoms with Gasteiger partial charge >= 0.3 is 0 Å². The molecule has 158 valence electrons. The zero-order valence-electron chi connectivity index (χ0n) is 17.3. The number of nitriles is 1. The number of hydrogen-bond acceptors (Lipinski definition) is 5. The first-order chi connectivity index (χ1) is 15.0. The molecule has 1 saturated heterocycles. The van der Waals surface area contributed by atoms with Crippen LogP contribution in [0.5, 0.6) is 0 Å². The number of fused-ring (bicyclic) bond motifs is 1. The van der Waals surface area contributed by atoms with E-state index >= 15 is 0 Å². The maximum Gasteiger partial charge on any atom is 0.270 e. The molecular formula is C24H24N4O3. The smallest absolute Gasteiger partial charge is 0.270 e. The molecule has 0 aliphatic carbocycles. The van der Waals surface area contributed by atoms with Crippen LogP contribution < -0.4 is 15.8 Å². The van der Waals surface area contributed by atoms with Crippen molar-refractivity contribution in [3.05, 3.63) is 75.6 Å². The molecule has 0 bridgehead atoms. The summed E-state index contributed by atoms with van der Waals surface area (Å²) in [4.78, 5) is 27.4. The average molecular weight is 416 g/mol. The highest BCUT2D eigenvalue weighted by Gasteiger charge is 2.26. The maximum atomic E-state index is 12.7. The van der Waals surface area contributed by atoms with E-state index in [1.165, 1.54) is 4.57 Å². The summed E-state index contributed by atoms with van der Waals surface area (Å²) in [5.41, 5.74) is 2.67. The first kappa shape index (κ1) is 20.6. The van der Waals surface area contributed by atoms with Crippen molar-refractivity contribution < 1.29 is 9.90 Å². The summed E-state index contributed by atoms with van der Waals surface area (Å²) in [6.07, 6.45) is 1.43. The van der Waals surface area contributed by atoms with Crippen molar-refractivity contribution in [2.75, 3.05) is 18.0 Å². The predicted octanol–water partition coefficient (Wildman–Crippen LogP) is 2.30. The largest absolute Gasteiger partial charge is 0.392 e. The van der Waals surface area contributed by atoms with Gasteiger partial charge in [0, 0.05) is 37.1 Å². The van der Waals surface area contributed by atoms with Gasteiger partial charge in [-0.1, -0.05) is 30.3 Å². The molecule has 31 heavy (non-hydrogen) atoms. The number of hydrogen-bond donors (Lipinski definition) is 2. The van der Waals surface area contributed by atoms with Crippen molar-refractivity contribution in [3.63, 3.8) is 0 Å². The Labute approximate surface area is 180 Å². The molecule has 2 heterocycles. The molecule has 1 fully saturated rings. The van der Waals surface area contributed by atoms with Crippen LogP contribution in [-0.2, 0) is 13.7 Å². The second-order valence-electron chi connectivity index (χ2n) is 7.81. The van der Waals surface area contributed by atoms with E-state index in [2.05, 4.69) is 16.3 Å². The molecule has 1 aromatic heterocycles. The van der Waals surface area contributed by atoms with Crippen molar-refractivity contribution >= 4 is 22.5 Å². The first-order valence-electron chi connectivity index (χ1n) is 10.3. The topological polar surface area (TPSA) is 98.4 Å². The van der Waals surface area contributed by atoms with Crippen LogP contribution in [0.25, 0.3) is 10.9 Å². The number of anilines is 1. The Morgan fingerprint density at radius 3 is 2.48 bits per heavy atom. The number of piperidine rings is 1. The van der Waals surface area contributed by atoms with Gasteiger partial charge in [-0.05, 0) is 36.6 Å². The van der Waals surface area contributed by atoms with Crippen molar-refractivity contribution in [2.24, 2.45) is 7.05 Å². The first-order valence-corrected chi connectivity index (χ1v) is 10.3. The molecule has 7 heteroatoms. The summed E-state index contributed by atoms with van der Waals surface area (Å²) in [7, 11) is 1.68. The number of carbonyl (C=O) groups excluding carboxylic acids is 1. The number of nitrogens with one attached hydrogen (secondary N) is 1. The van der Waals surface area contributed by atoms with E-state index in [4.69, 9.17) is 5.11 Å². The van der Waals surface area contributed by atoms with Crippen molar-refractivity contribution in [1.29, 1.82) is 5.26 Å². The number of aliphatic hydroxyl groups is 1. The van der Waals surface area contributed by atoms with Crippen molar-refractivity contribution in [2.45, 2.75) is 25.5 Å². The Kier molecular flexibility index (Phi) is 5.74. The van der Waals surface area contributed by atoms with Crippen LogP contribution in [0.15, 0.2) is 53.3 Å². The molecule has 0 spiro atoms. The molecule has 0 unspecified atom stereocenters. The Morgan fingerprint density at radius 2 is 1.84 bits per heavy atom. The predicted molar refractivity (Wildman–Crippen MR) is 119 cm³/mol. The molecule has 2 N–H and O–H groups in total. The lowest BCUT2D eigenvalue weighted by Crippen LogP contribution is -2.45. The van der Waals surface area contributed by atoms with Crippen LogP contribution in [-0.4, -0.2) is 34.7 Å². The van der Waals surface area contributed by atoms with Crippen LogP contribution >= 0.6 is 0 Å². The number of pyridine rings is 1. The van der Waals surface area contributed by atoms with Gasteiger partial charge in [-0.2, -0.15) is 5.26 Å². The highest BCUT2D eigenvalue weighted by atomic mass is 16.3. The summed E-state index contributed by atoms with van der Waals surface area (Å²) in [6, 6.07) is 16.6. The second-order valence-corrected chi connectivity index (χ2v) is 7.81. The molecule has 4 rings (SSSR count). The number of aromatic nitrogens is 1. The third-order valence-corrected chi connectivity index (χ3v) is 5.93. The lowest BCUT2D eigenvalue weighted by atomic mass is 10.0. The van der Waals surface area contributed by atoms with E-state index < -0.39 is 0 Å². The second kappa shape index (κ2) is 8.62. The van der Waals surface area contributed by atoms with Gasteiger partial charge in [-0.3, -0.25) is 9.59 Å². The molecule has 3 aromatic rings.